The molecular weight excluding hydrogens is 494 g/mol. The van der Waals surface area contributed by atoms with Crippen LogP contribution in [0.4, 0.5) is 5.69 Å². The van der Waals surface area contributed by atoms with Crippen LogP contribution in [-0.4, -0.2) is 15.7 Å². The van der Waals surface area contributed by atoms with Crippen LogP contribution in [0.15, 0.2) is 91.3 Å². The number of anilines is 1. The van der Waals surface area contributed by atoms with Gasteiger partial charge in [-0.3, -0.25) is 9.48 Å². The van der Waals surface area contributed by atoms with Crippen LogP contribution in [0.2, 0.25) is 0 Å². The first-order valence-corrected chi connectivity index (χ1v) is 14.5. The highest BCUT2D eigenvalue weighted by molar-refractivity contribution is 5.92. The molecule has 3 aromatic carbocycles. The van der Waals surface area contributed by atoms with Gasteiger partial charge >= 0.3 is 0 Å². The first-order valence-electron chi connectivity index (χ1n) is 14.5. The number of aromatic nitrogens is 2. The van der Waals surface area contributed by atoms with Gasteiger partial charge in [0.05, 0.1) is 6.54 Å². The second-order valence-electron chi connectivity index (χ2n) is 11.6. The number of carbonyl (C=O) groups is 1. The molecule has 5 heteroatoms. The quantitative estimate of drug-likeness (QED) is 0.174. The molecule has 1 aromatic heterocycles. The lowest BCUT2D eigenvalue weighted by molar-refractivity contribution is -0.116. The molecule has 0 aliphatic carbocycles. The molecule has 0 radical (unpaired) electrons. The lowest BCUT2D eigenvalue weighted by Crippen LogP contribution is -2.21. The Morgan fingerprint density at radius 2 is 1.73 bits per heavy atom. The lowest BCUT2D eigenvalue weighted by Gasteiger charge is -2.25. The third kappa shape index (κ3) is 8.32. The summed E-state index contributed by atoms with van der Waals surface area (Å²) in [5.41, 5.74) is 5.23. The zero-order chi connectivity index (χ0) is 28.4. The Bertz CT molecular complexity index is 1340. The third-order valence-corrected chi connectivity index (χ3v) is 7.25. The number of nitrogens with zero attached hydrogens (tertiary/aromatic N) is 2. The van der Waals surface area contributed by atoms with Crippen molar-refractivity contribution in [2.45, 2.75) is 84.3 Å². The van der Waals surface area contributed by atoms with Gasteiger partial charge in [-0.2, -0.15) is 5.10 Å². The summed E-state index contributed by atoms with van der Waals surface area (Å²) in [6, 6.07) is 26.7. The molecule has 1 amide bonds. The van der Waals surface area contributed by atoms with Crippen molar-refractivity contribution in [1.82, 2.24) is 9.78 Å². The minimum atomic E-state index is -0.106. The molecule has 0 fully saturated rings. The molecule has 5 nitrogen and oxygen atoms in total. The van der Waals surface area contributed by atoms with E-state index >= 15 is 0 Å². The molecule has 0 spiro atoms. The summed E-state index contributed by atoms with van der Waals surface area (Å²) in [6.07, 6.45) is 8.45. The zero-order valence-corrected chi connectivity index (χ0v) is 24.4. The smallest absolute Gasteiger partial charge is 0.224 e. The summed E-state index contributed by atoms with van der Waals surface area (Å²) in [7, 11) is 0. The van der Waals surface area contributed by atoms with Gasteiger partial charge in [-0.25, -0.2) is 0 Å². The van der Waals surface area contributed by atoms with E-state index in [0.717, 1.165) is 59.4 Å². The molecule has 1 atom stereocenters. The van der Waals surface area contributed by atoms with Crippen LogP contribution in [0.1, 0.15) is 88.0 Å². The van der Waals surface area contributed by atoms with Crippen molar-refractivity contribution >= 4 is 11.6 Å². The molecule has 1 N–H and O–H groups in total. The number of unbranched alkanes of at least 4 members (excludes halogenated alkanes) is 2. The van der Waals surface area contributed by atoms with Gasteiger partial charge in [0.15, 0.2) is 0 Å². The van der Waals surface area contributed by atoms with Crippen LogP contribution in [-0.2, 0) is 23.4 Å². The van der Waals surface area contributed by atoms with Crippen LogP contribution in [0.5, 0.6) is 5.75 Å². The fourth-order valence-corrected chi connectivity index (χ4v) is 5.15. The van der Waals surface area contributed by atoms with E-state index in [1.54, 1.807) is 6.20 Å². The Balaban J connectivity index is 1.54. The molecule has 0 aliphatic heterocycles. The summed E-state index contributed by atoms with van der Waals surface area (Å²) in [5, 5.41) is 7.64. The van der Waals surface area contributed by atoms with Crippen LogP contribution >= 0.6 is 0 Å². The van der Waals surface area contributed by atoms with Crippen LogP contribution < -0.4 is 10.1 Å². The van der Waals surface area contributed by atoms with Gasteiger partial charge in [0.2, 0.25) is 5.91 Å². The largest absolute Gasteiger partial charge is 0.489 e. The van der Waals surface area contributed by atoms with Crippen molar-refractivity contribution in [1.29, 1.82) is 0 Å². The van der Waals surface area contributed by atoms with E-state index in [9.17, 15) is 4.79 Å². The van der Waals surface area contributed by atoms with Crippen molar-refractivity contribution in [2.75, 3.05) is 5.32 Å². The number of hydrogen-bond donors (Lipinski definition) is 1. The Morgan fingerprint density at radius 1 is 0.950 bits per heavy atom. The molecule has 210 valence electrons. The van der Waals surface area contributed by atoms with Crippen molar-refractivity contribution in [3.8, 4) is 5.75 Å². The predicted octanol–water partition coefficient (Wildman–Crippen LogP) is 8.50. The minimum absolute atomic E-state index is 0.0288. The highest BCUT2D eigenvalue weighted by Gasteiger charge is 2.23. The van der Waals surface area contributed by atoms with Crippen LogP contribution in [0.3, 0.4) is 0 Å². The summed E-state index contributed by atoms with van der Waals surface area (Å²) in [5.74, 6) is 0.960. The number of ether oxygens (including phenoxy) is 1. The van der Waals surface area contributed by atoms with Gasteiger partial charge in [-0.15, -0.1) is 0 Å². The van der Waals surface area contributed by atoms with Gasteiger partial charge in [-0.1, -0.05) is 108 Å². The van der Waals surface area contributed by atoms with Gasteiger partial charge in [-0.05, 0) is 58.2 Å². The monoisotopic (exact) mass is 537 g/mol. The lowest BCUT2D eigenvalue weighted by atomic mass is 9.85. The second-order valence-corrected chi connectivity index (χ2v) is 11.6. The Labute approximate surface area is 239 Å². The molecule has 4 aromatic rings. The number of rotatable bonds is 13. The molecule has 0 saturated heterocycles. The Kier molecular flexibility index (Phi) is 10.2. The van der Waals surface area contributed by atoms with E-state index < -0.39 is 0 Å². The number of nitrogens with one attached hydrogen (secondary N) is 1. The van der Waals surface area contributed by atoms with E-state index in [-0.39, 0.29) is 17.2 Å². The topological polar surface area (TPSA) is 56.2 Å². The fourth-order valence-electron chi connectivity index (χ4n) is 5.15. The van der Waals surface area contributed by atoms with Crippen molar-refractivity contribution in [2.24, 2.45) is 0 Å². The number of benzene rings is 3. The molecule has 0 aliphatic rings. The van der Waals surface area contributed by atoms with Crippen LogP contribution in [0, 0.1) is 0 Å². The van der Waals surface area contributed by atoms with Gasteiger partial charge < -0.3 is 10.1 Å². The van der Waals surface area contributed by atoms with Crippen LogP contribution in [0.25, 0.3) is 0 Å². The van der Waals surface area contributed by atoms with E-state index in [4.69, 9.17) is 4.74 Å². The highest BCUT2D eigenvalue weighted by atomic mass is 16.5. The fraction of sp³-hybridized carbons (Fsp3) is 0.371. The van der Waals surface area contributed by atoms with E-state index in [1.165, 1.54) is 0 Å². The molecule has 1 heterocycles. The Hall–Kier alpha value is -3.86. The number of para-hydroxylation sites is 1. The first kappa shape index (κ1) is 29.1. The summed E-state index contributed by atoms with van der Waals surface area (Å²) in [4.78, 5) is 13.7. The average molecular weight is 538 g/mol. The number of carbonyl (C=O) groups excluding carboxylic acids is 1. The third-order valence-electron chi connectivity index (χ3n) is 7.25. The highest BCUT2D eigenvalue weighted by Crippen LogP contribution is 2.35. The average Bonchev–Trinajstić information content (AvgIpc) is 3.45. The van der Waals surface area contributed by atoms with Crippen molar-refractivity contribution in [3.63, 3.8) is 0 Å². The normalized spacial score (nSPS) is 12.2. The van der Waals surface area contributed by atoms with Gasteiger partial charge in [0.1, 0.15) is 12.4 Å². The molecule has 1 unspecified atom stereocenters. The maximum Gasteiger partial charge on any atom is 0.224 e. The maximum atomic E-state index is 13.7. The van der Waals surface area contributed by atoms with E-state index in [1.807, 2.05) is 53.3 Å². The number of hydrogen-bond acceptors (Lipinski definition) is 3. The summed E-state index contributed by atoms with van der Waals surface area (Å²) in [6.45, 7) is 9.91. The second kappa shape index (κ2) is 14.0. The molecule has 0 bridgehead atoms. The molecule has 4 rings (SSSR count). The van der Waals surface area contributed by atoms with E-state index in [2.05, 4.69) is 74.5 Å². The summed E-state index contributed by atoms with van der Waals surface area (Å²) < 4.78 is 8.20. The zero-order valence-electron chi connectivity index (χ0n) is 24.4. The SMILES string of the molecule is CCCCCC(CC(=O)Nc1cc(Cn2cccn2)ccc1C(C)(C)C)c1ccccc1OCc1ccccc1. The van der Waals surface area contributed by atoms with E-state index in [0.29, 0.717) is 19.6 Å². The van der Waals surface area contributed by atoms with Gasteiger partial charge in [0, 0.05) is 24.5 Å². The molecule has 40 heavy (non-hydrogen) atoms. The van der Waals surface area contributed by atoms with Gasteiger partial charge in [0.25, 0.3) is 0 Å². The molecule has 0 saturated carbocycles. The first-order chi connectivity index (χ1) is 19.3. The summed E-state index contributed by atoms with van der Waals surface area (Å²) >= 11 is 0. The minimum Gasteiger partial charge on any atom is -0.489 e. The molecular formula is C35H43N3O2. The Morgan fingerprint density at radius 3 is 2.45 bits per heavy atom. The maximum absolute atomic E-state index is 13.7. The standard InChI is InChI=1S/C35H43N3O2/c1-5-6-8-16-29(30-17-11-12-18-33(30)40-26-27-14-9-7-10-15-27)24-34(39)37-32-23-28(25-38-22-13-21-36-38)19-20-31(32)35(2,3)4/h7,9-15,17-23,29H,5-6,8,16,24-26H2,1-4H3,(H,37,39). The van der Waals surface area contributed by atoms with Crippen molar-refractivity contribution in [3.05, 3.63) is 114 Å². The number of amides is 1. The van der Waals surface area contributed by atoms with Crippen molar-refractivity contribution < 1.29 is 9.53 Å². The predicted molar refractivity (Wildman–Crippen MR) is 164 cm³/mol.